The van der Waals surface area contributed by atoms with Gasteiger partial charge in [-0.3, -0.25) is 0 Å². The maximum Gasteiger partial charge on any atom is 0.223 e. The summed E-state index contributed by atoms with van der Waals surface area (Å²) in [5.74, 6) is 0.247. The van der Waals surface area contributed by atoms with Crippen LogP contribution in [-0.2, 0) is 6.42 Å². The van der Waals surface area contributed by atoms with Crippen LogP contribution in [-0.4, -0.2) is 41.3 Å². The van der Waals surface area contributed by atoms with E-state index in [0.717, 1.165) is 23.2 Å². The van der Waals surface area contributed by atoms with Crippen LogP contribution in [0.1, 0.15) is 12.6 Å². The van der Waals surface area contributed by atoms with Crippen molar-refractivity contribution in [2.24, 2.45) is 0 Å². The minimum Gasteiger partial charge on any atom is -0.393 e. The van der Waals surface area contributed by atoms with Gasteiger partial charge in [-0.2, -0.15) is 0 Å². The molecule has 0 bridgehead atoms. The topological polar surface area (TPSA) is 70.1 Å². The number of hydrogen-bond acceptors (Lipinski definition) is 5. The summed E-state index contributed by atoms with van der Waals surface area (Å²) in [6.07, 6.45) is -0.0807. The minimum atomic E-state index is -0.507. The number of benzene rings is 2. The van der Waals surface area contributed by atoms with Gasteiger partial charge >= 0.3 is 0 Å². The molecule has 0 aliphatic heterocycles. The van der Waals surface area contributed by atoms with Crippen molar-refractivity contribution in [2.75, 3.05) is 25.5 Å². The Bertz CT molecular complexity index is 898. The van der Waals surface area contributed by atoms with E-state index < -0.39 is 6.10 Å². The molecular formula is C20H23FN4O. The van der Waals surface area contributed by atoms with Crippen LogP contribution >= 0.6 is 0 Å². The lowest BCUT2D eigenvalue weighted by Gasteiger charge is -2.12. The highest BCUT2D eigenvalue weighted by Gasteiger charge is 2.12. The molecule has 3 aromatic rings. The van der Waals surface area contributed by atoms with Gasteiger partial charge in [-0.25, -0.2) is 14.4 Å². The fourth-order valence-corrected chi connectivity index (χ4v) is 2.91. The molecule has 1 unspecified atom stereocenters. The second kappa shape index (κ2) is 8.21. The Morgan fingerprint density at radius 2 is 1.85 bits per heavy atom. The largest absolute Gasteiger partial charge is 0.393 e. The van der Waals surface area contributed by atoms with Crippen LogP contribution in [0.25, 0.3) is 22.0 Å². The van der Waals surface area contributed by atoms with Gasteiger partial charge in [0.25, 0.3) is 0 Å². The second-order valence-corrected chi connectivity index (χ2v) is 6.29. The standard InChI is InChI=1S/C20H23FN4O/c1-13(26)11-14-12-19(25-20(24-14)23-10-9-22-2)17-7-8-18(21)16-6-4-3-5-15(16)17/h3-8,12-13,22,26H,9-11H2,1-2H3,(H,23,24,25). The summed E-state index contributed by atoms with van der Waals surface area (Å²) in [7, 11) is 1.88. The third-order valence-electron chi connectivity index (χ3n) is 4.09. The highest BCUT2D eigenvalue weighted by Crippen LogP contribution is 2.30. The first kappa shape index (κ1) is 18.2. The van der Waals surface area contributed by atoms with E-state index in [2.05, 4.69) is 20.6 Å². The van der Waals surface area contributed by atoms with Crippen molar-refractivity contribution in [1.29, 1.82) is 0 Å². The fraction of sp³-hybridized carbons (Fsp3) is 0.300. The summed E-state index contributed by atoms with van der Waals surface area (Å²) in [6.45, 7) is 3.18. The van der Waals surface area contributed by atoms with E-state index in [4.69, 9.17) is 0 Å². The van der Waals surface area contributed by atoms with Gasteiger partial charge in [0.05, 0.1) is 11.8 Å². The van der Waals surface area contributed by atoms with E-state index in [0.29, 0.717) is 30.0 Å². The second-order valence-electron chi connectivity index (χ2n) is 6.29. The molecule has 0 amide bonds. The number of aromatic nitrogens is 2. The molecule has 0 fully saturated rings. The van der Waals surface area contributed by atoms with Crippen LogP contribution in [0.5, 0.6) is 0 Å². The molecule has 0 radical (unpaired) electrons. The Labute approximate surface area is 152 Å². The predicted molar refractivity (Wildman–Crippen MR) is 103 cm³/mol. The van der Waals surface area contributed by atoms with Crippen LogP contribution in [0.15, 0.2) is 42.5 Å². The van der Waals surface area contributed by atoms with Crippen LogP contribution in [0, 0.1) is 5.82 Å². The fourth-order valence-electron chi connectivity index (χ4n) is 2.91. The van der Waals surface area contributed by atoms with Gasteiger partial charge in [0.2, 0.25) is 5.95 Å². The van der Waals surface area contributed by atoms with Gasteiger partial charge in [0.1, 0.15) is 5.82 Å². The number of nitrogens with zero attached hydrogens (tertiary/aromatic N) is 2. The first-order chi connectivity index (χ1) is 12.6. The zero-order chi connectivity index (χ0) is 18.5. The molecule has 0 aliphatic carbocycles. The number of hydrogen-bond donors (Lipinski definition) is 3. The number of halogens is 1. The predicted octanol–water partition coefficient (Wildman–Crippen LogP) is 2.99. The molecule has 3 rings (SSSR count). The Kier molecular flexibility index (Phi) is 5.75. The van der Waals surface area contributed by atoms with Gasteiger partial charge in [-0.1, -0.05) is 24.3 Å². The van der Waals surface area contributed by atoms with Crippen LogP contribution in [0.2, 0.25) is 0 Å². The Morgan fingerprint density at radius 1 is 1.08 bits per heavy atom. The average molecular weight is 354 g/mol. The normalized spacial score (nSPS) is 12.3. The molecule has 136 valence electrons. The summed E-state index contributed by atoms with van der Waals surface area (Å²) in [4.78, 5) is 9.09. The van der Waals surface area contributed by atoms with Crippen molar-refractivity contribution in [3.05, 3.63) is 54.0 Å². The number of nitrogens with one attached hydrogen (secondary N) is 2. The van der Waals surface area contributed by atoms with Crippen molar-refractivity contribution in [3.63, 3.8) is 0 Å². The van der Waals surface area contributed by atoms with Crippen LogP contribution < -0.4 is 10.6 Å². The highest BCUT2D eigenvalue weighted by atomic mass is 19.1. The molecule has 2 aromatic carbocycles. The van der Waals surface area contributed by atoms with Gasteiger partial charge in [0, 0.05) is 36.2 Å². The first-order valence-corrected chi connectivity index (χ1v) is 8.70. The Hall–Kier alpha value is -2.57. The number of fused-ring (bicyclic) bond motifs is 1. The molecule has 0 saturated carbocycles. The number of likely N-dealkylation sites (N-methyl/N-ethyl adjacent to an activating group) is 1. The molecule has 1 atom stereocenters. The average Bonchev–Trinajstić information content (AvgIpc) is 2.62. The summed E-state index contributed by atoms with van der Waals surface area (Å²) in [5, 5.41) is 17.4. The lowest BCUT2D eigenvalue weighted by molar-refractivity contribution is 0.194. The van der Waals surface area contributed by atoms with Gasteiger partial charge in [-0.05, 0) is 37.6 Å². The molecule has 6 heteroatoms. The van der Waals surface area contributed by atoms with Crippen molar-refractivity contribution in [1.82, 2.24) is 15.3 Å². The smallest absolute Gasteiger partial charge is 0.223 e. The molecular weight excluding hydrogens is 331 g/mol. The van der Waals surface area contributed by atoms with Crippen molar-refractivity contribution >= 4 is 16.7 Å². The van der Waals surface area contributed by atoms with Gasteiger partial charge in [0.15, 0.2) is 0 Å². The molecule has 1 heterocycles. The summed E-state index contributed by atoms with van der Waals surface area (Å²) in [5.41, 5.74) is 2.29. The molecule has 0 spiro atoms. The summed E-state index contributed by atoms with van der Waals surface area (Å²) in [6, 6.07) is 12.4. The van der Waals surface area contributed by atoms with E-state index in [1.165, 1.54) is 6.07 Å². The van der Waals surface area contributed by atoms with Crippen molar-refractivity contribution < 1.29 is 9.50 Å². The van der Waals surface area contributed by atoms with E-state index in [1.54, 1.807) is 19.1 Å². The monoisotopic (exact) mass is 354 g/mol. The molecule has 0 aliphatic rings. The number of rotatable bonds is 7. The lowest BCUT2D eigenvalue weighted by Crippen LogP contribution is -2.19. The van der Waals surface area contributed by atoms with Crippen LogP contribution in [0.4, 0.5) is 10.3 Å². The molecule has 5 nitrogen and oxygen atoms in total. The zero-order valence-corrected chi connectivity index (χ0v) is 15.0. The third kappa shape index (κ3) is 4.15. The quantitative estimate of drug-likeness (QED) is 0.569. The number of anilines is 1. The molecule has 26 heavy (non-hydrogen) atoms. The first-order valence-electron chi connectivity index (χ1n) is 8.70. The van der Waals surface area contributed by atoms with Crippen molar-refractivity contribution in [3.8, 4) is 11.3 Å². The highest BCUT2D eigenvalue weighted by molar-refractivity contribution is 5.96. The number of aliphatic hydroxyl groups excluding tert-OH is 1. The van der Waals surface area contributed by atoms with Gasteiger partial charge in [-0.15, -0.1) is 0 Å². The molecule has 3 N–H and O–H groups in total. The third-order valence-corrected chi connectivity index (χ3v) is 4.09. The number of aliphatic hydroxyl groups is 1. The zero-order valence-electron chi connectivity index (χ0n) is 15.0. The Morgan fingerprint density at radius 3 is 2.58 bits per heavy atom. The van der Waals surface area contributed by atoms with E-state index >= 15 is 0 Å². The molecule has 1 aromatic heterocycles. The SMILES string of the molecule is CNCCNc1nc(CC(C)O)cc(-c2ccc(F)c3ccccc23)n1. The summed E-state index contributed by atoms with van der Waals surface area (Å²) >= 11 is 0. The van der Waals surface area contributed by atoms with E-state index in [-0.39, 0.29) is 5.82 Å². The molecule has 0 saturated heterocycles. The Balaban J connectivity index is 2.08. The van der Waals surface area contributed by atoms with Crippen molar-refractivity contribution in [2.45, 2.75) is 19.4 Å². The van der Waals surface area contributed by atoms with E-state index in [9.17, 15) is 9.50 Å². The lowest BCUT2D eigenvalue weighted by atomic mass is 10.0. The maximum atomic E-state index is 14.1. The van der Waals surface area contributed by atoms with Crippen LogP contribution in [0.3, 0.4) is 0 Å². The maximum absolute atomic E-state index is 14.1. The van der Waals surface area contributed by atoms with E-state index in [1.807, 2.05) is 31.3 Å². The summed E-state index contributed by atoms with van der Waals surface area (Å²) < 4.78 is 14.1. The van der Waals surface area contributed by atoms with Gasteiger partial charge < -0.3 is 15.7 Å². The minimum absolute atomic E-state index is 0.255.